The van der Waals surface area contributed by atoms with E-state index in [0.717, 1.165) is 37.0 Å². The van der Waals surface area contributed by atoms with Crippen LogP contribution in [0.3, 0.4) is 0 Å². The SMILES string of the molecule is N#Cc1cccc(C(=O)N2CC(N3CCC(n4c(=O)[nH]c5ccccc54)CC3)C2)c1. The number of hydrogen-bond donors (Lipinski definition) is 1. The number of imidazole rings is 1. The second kappa shape index (κ2) is 7.47. The fourth-order valence-corrected chi connectivity index (χ4v) is 4.70. The second-order valence-corrected chi connectivity index (χ2v) is 8.14. The largest absolute Gasteiger partial charge is 0.335 e. The summed E-state index contributed by atoms with van der Waals surface area (Å²) in [5.74, 6) is -0.0106. The van der Waals surface area contributed by atoms with Crippen LogP contribution in [0.4, 0.5) is 0 Å². The number of fused-ring (bicyclic) bond motifs is 1. The highest BCUT2D eigenvalue weighted by Crippen LogP contribution is 2.28. The van der Waals surface area contributed by atoms with E-state index in [1.54, 1.807) is 24.3 Å². The summed E-state index contributed by atoms with van der Waals surface area (Å²) in [6.07, 6.45) is 1.85. The lowest BCUT2D eigenvalue weighted by Crippen LogP contribution is -2.62. The molecular formula is C23H23N5O2. The molecule has 7 heteroatoms. The highest BCUT2D eigenvalue weighted by Gasteiger charge is 2.37. The average Bonchev–Trinajstić information content (AvgIpc) is 3.09. The van der Waals surface area contributed by atoms with Crippen LogP contribution in [0.2, 0.25) is 0 Å². The molecule has 1 amide bonds. The standard InChI is InChI=1S/C23H23N5O2/c24-13-16-4-3-5-17(12-16)22(29)27-14-19(15-27)26-10-8-18(9-11-26)28-21-7-2-1-6-20(21)25-23(28)30/h1-7,12,18-19H,8-11,14-15H2,(H,25,30). The minimum atomic E-state index is -0.0327. The van der Waals surface area contributed by atoms with Crippen molar-refractivity contribution in [1.29, 1.82) is 5.26 Å². The van der Waals surface area contributed by atoms with Crippen LogP contribution in [0.25, 0.3) is 11.0 Å². The fraction of sp³-hybridized carbons (Fsp3) is 0.348. The first kappa shape index (κ1) is 18.6. The Morgan fingerprint density at radius 2 is 1.80 bits per heavy atom. The number of nitrogens with one attached hydrogen (secondary N) is 1. The van der Waals surface area contributed by atoms with Crippen molar-refractivity contribution >= 4 is 16.9 Å². The first-order chi connectivity index (χ1) is 14.6. The lowest BCUT2D eigenvalue weighted by atomic mass is 9.98. The highest BCUT2D eigenvalue weighted by molar-refractivity contribution is 5.95. The van der Waals surface area contributed by atoms with Gasteiger partial charge in [-0.25, -0.2) is 4.79 Å². The van der Waals surface area contributed by atoms with Gasteiger partial charge >= 0.3 is 5.69 Å². The fourth-order valence-electron chi connectivity index (χ4n) is 4.70. The molecule has 7 nitrogen and oxygen atoms in total. The van der Waals surface area contributed by atoms with Crippen LogP contribution >= 0.6 is 0 Å². The third-order valence-corrected chi connectivity index (χ3v) is 6.39. The van der Waals surface area contributed by atoms with Gasteiger partial charge in [0.1, 0.15) is 0 Å². The van der Waals surface area contributed by atoms with Crippen LogP contribution in [0.15, 0.2) is 53.3 Å². The van der Waals surface area contributed by atoms with E-state index in [0.29, 0.717) is 30.3 Å². The van der Waals surface area contributed by atoms with Crippen molar-refractivity contribution in [1.82, 2.24) is 19.4 Å². The van der Waals surface area contributed by atoms with Crippen LogP contribution in [0, 0.1) is 11.3 Å². The normalized spacial score (nSPS) is 18.3. The smallest absolute Gasteiger partial charge is 0.326 e. The lowest BCUT2D eigenvalue weighted by molar-refractivity contribution is 0.0153. The molecule has 0 atom stereocenters. The maximum Gasteiger partial charge on any atom is 0.326 e. The first-order valence-electron chi connectivity index (χ1n) is 10.4. The molecular weight excluding hydrogens is 378 g/mol. The van der Waals surface area contributed by atoms with Gasteiger partial charge in [-0.1, -0.05) is 18.2 Å². The Bertz CT molecular complexity index is 1190. The molecule has 0 radical (unpaired) electrons. The quantitative estimate of drug-likeness (QED) is 0.730. The zero-order valence-electron chi connectivity index (χ0n) is 16.6. The van der Waals surface area contributed by atoms with Gasteiger partial charge in [0.2, 0.25) is 0 Å². The molecule has 0 bridgehead atoms. The minimum absolute atomic E-state index is 0.0106. The number of aromatic nitrogens is 2. The van der Waals surface area contributed by atoms with Gasteiger partial charge in [-0.2, -0.15) is 5.26 Å². The third-order valence-electron chi connectivity index (χ3n) is 6.39. The number of H-pyrrole nitrogens is 1. The van der Waals surface area contributed by atoms with Crippen molar-refractivity contribution in [3.05, 3.63) is 70.1 Å². The third kappa shape index (κ3) is 3.19. The predicted octanol–water partition coefficient (Wildman–Crippen LogP) is 2.36. The van der Waals surface area contributed by atoms with Crippen molar-refractivity contribution in [3.8, 4) is 6.07 Å². The summed E-state index contributed by atoms with van der Waals surface area (Å²) in [5, 5.41) is 9.03. The summed E-state index contributed by atoms with van der Waals surface area (Å²) in [6.45, 7) is 3.28. The summed E-state index contributed by atoms with van der Waals surface area (Å²) < 4.78 is 1.91. The number of aromatic amines is 1. The molecule has 2 fully saturated rings. The summed E-state index contributed by atoms with van der Waals surface area (Å²) >= 11 is 0. The van der Waals surface area contributed by atoms with E-state index in [-0.39, 0.29) is 17.6 Å². The van der Waals surface area contributed by atoms with Crippen LogP contribution in [0.1, 0.15) is 34.8 Å². The number of rotatable bonds is 3. The molecule has 0 unspecified atom stereocenters. The molecule has 30 heavy (non-hydrogen) atoms. The van der Waals surface area contributed by atoms with Gasteiger partial charge in [0.15, 0.2) is 0 Å². The summed E-state index contributed by atoms with van der Waals surface area (Å²) in [7, 11) is 0. The number of carbonyl (C=O) groups is 1. The maximum atomic E-state index is 12.6. The molecule has 2 aliphatic heterocycles. The number of nitriles is 1. The summed E-state index contributed by atoms with van der Waals surface area (Å²) in [5.41, 5.74) is 2.91. The van der Waals surface area contributed by atoms with E-state index in [1.807, 2.05) is 33.7 Å². The zero-order valence-corrected chi connectivity index (χ0v) is 16.6. The Kier molecular flexibility index (Phi) is 4.64. The minimum Gasteiger partial charge on any atom is -0.335 e. The number of nitrogens with zero attached hydrogens (tertiary/aromatic N) is 4. The molecule has 1 aromatic heterocycles. The number of para-hydroxylation sites is 2. The van der Waals surface area contributed by atoms with Crippen molar-refractivity contribution in [2.24, 2.45) is 0 Å². The van der Waals surface area contributed by atoms with Crippen LogP contribution in [-0.4, -0.2) is 57.5 Å². The number of carbonyl (C=O) groups excluding carboxylic acids is 1. The van der Waals surface area contributed by atoms with Crippen LogP contribution in [0.5, 0.6) is 0 Å². The molecule has 2 aliphatic rings. The topological polar surface area (TPSA) is 85.1 Å². The first-order valence-corrected chi connectivity index (χ1v) is 10.4. The van der Waals surface area contributed by atoms with Crippen LogP contribution in [-0.2, 0) is 0 Å². The Morgan fingerprint density at radius 3 is 2.57 bits per heavy atom. The Hall–Kier alpha value is -3.37. The molecule has 5 rings (SSSR count). The number of amides is 1. The van der Waals surface area contributed by atoms with Gasteiger partial charge in [0.05, 0.1) is 22.7 Å². The Morgan fingerprint density at radius 1 is 1.03 bits per heavy atom. The predicted molar refractivity (Wildman–Crippen MR) is 113 cm³/mol. The molecule has 2 saturated heterocycles. The van der Waals surface area contributed by atoms with Crippen molar-refractivity contribution in [2.45, 2.75) is 24.9 Å². The number of likely N-dealkylation sites (tertiary alicyclic amines) is 2. The number of benzene rings is 2. The average molecular weight is 401 g/mol. The highest BCUT2D eigenvalue weighted by atomic mass is 16.2. The summed E-state index contributed by atoms with van der Waals surface area (Å²) in [4.78, 5) is 32.3. The molecule has 0 saturated carbocycles. The lowest BCUT2D eigenvalue weighted by Gasteiger charge is -2.47. The molecule has 0 spiro atoms. The van der Waals surface area contributed by atoms with E-state index in [9.17, 15) is 9.59 Å². The molecule has 3 aromatic rings. The number of piperidine rings is 1. The Labute approximate surface area is 174 Å². The van der Waals surface area contributed by atoms with Gasteiger partial charge in [-0.3, -0.25) is 14.3 Å². The summed E-state index contributed by atoms with van der Waals surface area (Å²) in [6, 6.07) is 17.4. The Balaban J connectivity index is 1.19. The molecule has 0 aliphatic carbocycles. The number of hydrogen-bond acceptors (Lipinski definition) is 4. The van der Waals surface area contributed by atoms with E-state index in [2.05, 4.69) is 16.0 Å². The van der Waals surface area contributed by atoms with Crippen LogP contribution < -0.4 is 5.69 Å². The van der Waals surface area contributed by atoms with E-state index < -0.39 is 0 Å². The zero-order chi connectivity index (χ0) is 20.7. The van der Waals surface area contributed by atoms with Gasteiger partial charge < -0.3 is 9.88 Å². The molecule has 2 aromatic carbocycles. The van der Waals surface area contributed by atoms with Gasteiger partial charge in [0.25, 0.3) is 5.91 Å². The molecule has 152 valence electrons. The van der Waals surface area contributed by atoms with Gasteiger partial charge in [-0.15, -0.1) is 0 Å². The van der Waals surface area contributed by atoms with Gasteiger partial charge in [0, 0.05) is 43.8 Å². The van der Waals surface area contributed by atoms with Crippen molar-refractivity contribution in [2.75, 3.05) is 26.2 Å². The molecule has 1 N–H and O–H groups in total. The second-order valence-electron chi connectivity index (χ2n) is 8.14. The van der Waals surface area contributed by atoms with E-state index in [1.165, 1.54) is 0 Å². The van der Waals surface area contributed by atoms with Crippen molar-refractivity contribution in [3.63, 3.8) is 0 Å². The van der Waals surface area contributed by atoms with E-state index >= 15 is 0 Å². The van der Waals surface area contributed by atoms with Crippen molar-refractivity contribution < 1.29 is 4.79 Å². The monoisotopic (exact) mass is 401 g/mol. The molecule has 3 heterocycles. The van der Waals surface area contributed by atoms with E-state index in [4.69, 9.17) is 5.26 Å². The maximum absolute atomic E-state index is 12.6. The van der Waals surface area contributed by atoms with Gasteiger partial charge in [-0.05, 0) is 43.2 Å².